The number of hydrogen-bond donors (Lipinski definition) is 0. The molecule has 0 aliphatic carbocycles. The molecule has 0 saturated heterocycles. The third kappa shape index (κ3) is 2.59. The Balaban J connectivity index is 1.59. The van der Waals surface area contributed by atoms with E-state index >= 15 is 0 Å². The molecule has 0 amide bonds. The van der Waals surface area contributed by atoms with Crippen molar-refractivity contribution in [2.24, 2.45) is 0 Å². The van der Waals surface area contributed by atoms with Gasteiger partial charge in [-0.1, -0.05) is 78.7 Å². The molecule has 0 N–H and O–H groups in total. The molecular formula is C32H19NO. The fourth-order valence-electron chi connectivity index (χ4n) is 5.19. The van der Waals surface area contributed by atoms with Gasteiger partial charge in [0.25, 0.3) is 0 Å². The van der Waals surface area contributed by atoms with Crippen molar-refractivity contribution in [2.75, 3.05) is 0 Å². The van der Waals surface area contributed by atoms with Gasteiger partial charge < -0.3 is 8.98 Å². The van der Waals surface area contributed by atoms with Gasteiger partial charge in [-0.05, 0) is 36.4 Å². The summed E-state index contributed by atoms with van der Waals surface area (Å²) in [7, 11) is 0. The first-order chi connectivity index (χ1) is 16.8. The van der Waals surface area contributed by atoms with Crippen LogP contribution in [0.1, 0.15) is 5.56 Å². The average molecular weight is 434 g/mol. The smallest absolute Gasteiger partial charge is 0.136 e. The molecule has 2 heterocycles. The van der Waals surface area contributed by atoms with E-state index in [1.165, 1.54) is 21.8 Å². The molecular weight excluding hydrogens is 414 g/mol. The van der Waals surface area contributed by atoms with Crippen LogP contribution in [0.2, 0.25) is 0 Å². The molecule has 34 heavy (non-hydrogen) atoms. The van der Waals surface area contributed by atoms with Crippen LogP contribution in [0.15, 0.2) is 114 Å². The molecule has 0 fully saturated rings. The van der Waals surface area contributed by atoms with E-state index in [1.54, 1.807) is 0 Å². The Morgan fingerprint density at radius 2 is 1.18 bits per heavy atom. The summed E-state index contributed by atoms with van der Waals surface area (Å²) in [6.07, 6.45) is 6.02. The molecule has 7 rings (SSSR count). The first-order valence-corrected chi connectivity index (χ1v) is 11.3. The van der Waals surface area contributed by atoms with Gasteiger partial charge in [0, 0.05) is 38.2 Å². The molecule has 0 unspecified atom stereocenters. The van der Waals surface area contributed by atoms with E-state index in [0.29, 0.717) is 0 Å². The lowest BCUT2D eigenvalue weighted by Gasteiger charge is -2.15. The second-order valence-corrected chi connectivity index (χ2v) is 8.52. The van der Waals surface area contributed by atoms with Crippen LogP contribution in [-0.4, -0.2) is 4.57 Å². The minimum atomic E-state index is 0.812. The number of benzene rings is 5. The van der Waals surface area contributed by atoms with E-state index in [9.17, 15) is 0 Å². The Morgan fingerprint density at radius 1 is 0.559 bits per heavy atom. The van der Waals surface area contributed by atoms with Gasteiger partial charge in [-0.15, -0.1) is 6.42 Å². The number of fused-ring (bicyclic) bond motifs is 6. The van der Waals surface area contributed by atoms with Gasteiger partial charge in [0.15, 0.2) is 0 Å². The second-order valence-electron chi connectivity index (χ2n) is 8.52. The van der Waals surface area contributed by atoms with Crippen molar-refractivity contribution in [1.82, 2.24) is 4.57 Å². The molecule has 0 spiro atoms. The number of hydrogen-bond acceptors (Lipinski definition) is 1. The zero-order valence-electron chi connectivity index (χ0n) is 18.3. The normalized spacial score (nSPS) is 11.5. The van der Waals surface area contributed by atoms with Gasteiger partial charge in [-0.2, -0.15) is 0 Å². The van der Waals surface area contributed by atoms with Gasteiger partial charge >= 0.3 is 0 Å². The summed E-state index contributed by atoms with van der Waals surface area (Å²) in [6, 6.07) is 37.9. The van der Waals surface area contributed by atoms with Crippen molar-refractivity contribution in [3.63, 3.8) is 0 Å². The molecule has 0 aliphatic rings. The van der Waals surface area contributed by atoms with Crippen molar-refractivity contribution in [2.45, 2.75) is 0 Å². The lowest BCUT2D eigenvalue weighted by Crippen LogP contribution is -1.98. The Morgan fingerprint density at radius 3 is 1.91 bits per heavy atom. The van der Waals surface area contributed by atoms with E-state index in [2.05, 4.69) is 95.4 Å². The van der Waals surface area contributed by atoms with Crippen molar-refractivity contribution in [3.05, 3.63) is 115 Å². The fraction of sp³-hybridized carbons (Fsp3) is 0. The zero-order chi connectivity index (χ0) is 22.6. The predicted octanol–water partition coefficient (Wildman–Crippen LogP) is 8.33. The molecule has 2 nitrogen and oxygen atoms in total. The maximum absolute atomic E-state index is 6.10. The standard InChI is InChI=1S/C32H19NO/c1-2-21-19-32-27(25-14-6-10-18-31(25)34-32)20-26(21)24-13-5-9-17-30(24)33-28-15-7-3-11-22(28)23-12-4-8-16-29(23)33/h1,3-20H. The minimum Gasteiger partial charge on any atom is -0.456 e. The van der Waals surface area contributed by atoms with Crippen molar-refractivity contribution in [3.8, 4) is 29.2 Å². The zero-order valence-corrected chi connectivity index (χ0v) is 18.3. The Kier molecular flexibility index (Phi) is 3.94. The third-order valence-corrected chi connectivity index (χ3v) is 6.69. The Bertz CT molecular complexity index is 1870. The molecule has 7 aromatic rings. The maximum atomic E-state index is 6.10. The van der Waals surface area contributed by atoms with E-state index < -0.39 is 0 Å². The summed E-state index contributed by atoms with van der Waals surface area (Å²) in [6.45, 7) is 0. The summed E-state index contributed by atoms with van der Waals surface area (Å²) < 4.78 is 8.45. The summed E-state index contributed by atoms with van der Waals surface area (Å²) in [5, 5.41) is 4.64. The van der Waals surface area contributed by atoms with Crippen LogP contribution >= 0.6 is 0 Å². The topological polar surface area (TPSA) is 18.1 Å². The number of para-hydroxylation sites is 4. The van der Waals surface area contributed by atoms with Crippen molar-refractivity contribution < 1.29 is 4.42 Å². The highest BCUT2D eigenvalue weighted by atomic mass is 16.3. The SMILES string of the molecule is C#Cc1cc2oc3ccccc3c2cc1-c1ccccc1-n1c2ccccc2c2ccccc21. The highest BCUT2D eigenvalue weighted by Crippen LogP contribution is 2.39. The van der Waals surface area contributed by atoms with Crippen LogP contribution in [-0.2, 0) is 0 Å². The van der Waals surface area contributed by atoms with Crippen molar-refractivity contribution in [1.29, 1.82) is 0 Å². The minimum absolute atomic E-state index is 0.812. The monoisotopic (exact) mass is 433 g/mol. The average Bonchev–Trinajstić information content (AvgIpc) is 3.43. The lowest BCUT2D eigenvalue weighted by atomic mass is 9.96. The predicted molar refractivity (Wildman–Crippen MR) is 141 cm³/mol. The van der Waals surface area contributed by atoms with Crippen LogP contribution in [0.5, 0.6) is 0 Å². The molecule has 0 bridgehead atoms. The maximum Gasteiger partial charge on any atom is 0.136 e. The molecule has 2 aromatic heterocycles. The van der Waals surface area contributed by atoms with Crippen LogP contribution in [0.25, 0.3) is 60.6 Å². The molecule has 0 aliphatic heterocycles. The molecule has 0 atom stereocenters. The molecule has 2 heteroatoms. The summed E-state index contributed by atoms with van der Waals surface area (Å²) >= 11 is 0. The summed E-state index contributed by atoms with van der Waals surface area (Å²) in [5.74, 6) is 2.91. The number of nitrogens with zero attached hydrogens (tertiary/aromatic N) is 1. The molecule has 158 valence electrons. The van der Waals surface area contributed by atoms with Gasteiger partial charge in [0.1, 0.15) is 11.2 Å². The summed E-state index contributed by atoms with van der Waals surface area (Å²) in [4.78, 5) is 0. The highest BCUT2D eigenvalue weighted by Gasteiger charge is 2.18. The molecule has 0 radical (unpaired) electrons. The van der Waals surface area contributed by atoms with Gasteiger partial charge in [-0.3, -0.25) is 0 Å². The third-order valence-electron chi connectivity index (χ3n) is 6.69. The van der Waals surface area contributed by atoms with Gasteiger partial charge in [0.05, 0.1) is 16.7 Å². The Labute approximate surface area is 196 Å². The first kappa shape index (κ1) is 18.8. The first-order valence-electron chi connectivity index (χ1n) is 11.3. The largest absolute Gasteiger partial charge is 0.456 e. The lowest BCUT2D eigenvalue weighted by molar-refractivity contribution is 0.669. The number of terminal acetylenes is 1. The fourth-order valence-corrected chi connectivity index (χ4v) is 5.19. The second kappa shape index (κ2) is 7.13. The van der Waals surface area contributed by atoms with Crippen LogP contribution in [0.3, 0.4) is 0 Å². The number of furan rings is 1. The van der Waals surface area contributed by atoms with E-state index in [-0.39, 0.29) is 0 Å². The number of rotatable bonds is 2. The van der Waals surface area contributed by atoms with Crippen LogP contribution in [0, 0.1) is 12.3 Å². The van der Waals surface area contributed by atoms with Crippen molar-refractivity contribution >= 4 is 43.7 Å². The van der Waals surface area contributed by atoms with Gasteiger partial charge in [-0.25, -0.2) is 0 Å². The van der Waals surface area contributed by atoms with E-state index in [0.717, 1.165) is 44.3 Å². The van der Waals surface area contributed by atoms with Gasteiger partial charge in [0.2, 0.25) is 0 Å². The van der Waals surface area contributed by atoms with Crippen LogP contribution < -0.4 is 0 Å². The Hall–Kier alpha value is -4.74. The highest BCUT2D eigenvalue weighted by molar-refractivity contribution is 6.10. The van der Waals surface area contributed by atoms with E-state index in [1.807, 2.05) is 24.3 Å². The molecule has 5 aromatic carbocycles. The summed E-state index contributed by atoms with van der Waals surface area (Å²) in [5.41, 5.74) is 8.07. The van der Waals surface area contributed by atoms with E-state index in [4.69, 9.17) is 10.8 Å². The molecule has 0 saturated carbocycles. The number of aromatic nitrogens is 1. The van der Waals surface area contributed by atoms with Crippen LogP contribution in [0.4, 0.5) is 0 Å². The quantitative estimate of drug-likeness (QED) is 0.251.